The molecule has 0 fully saturated rings. The molecular formula is C21H18BrCl2N5O3. The van der Waals surface area contributed by atoms with Crippen molar-refractivity contribution in [1.29, 1.82) is 0 Å². The van der Waals surface area contributed by atoms with Crippen molar-refractivity contribution in [1.82, 2.24) is 20.2 Å². The van der Waals surface area contributed by atoms with Crippen LogP contribution in [0.4, 0.5) is 5.95 Å². The highest BCUT2D eigenvalue weighted by Gasteiger charge is 2.33. The SMILES string of the molecule is COc1cc(C2C(C(C)=O)=C(C)Nc3nnnn32)cc(Br)c1OCc1ccc(Cl)cc1Cl. The number of fused-ring (bicyclic) bond motifs is 1. The van der Waals surface area contributed by atoms with Crippen LogP contribution in [0.25, 0.3) is 0 Å². The van der Waals surface area contributed by atoms with Crippen molar-refractivity contribution in [3.8, 4) is 11.5 Å². The number of aromatic nitrogens is 4. The van der Waals surface area contributed by atoms with Gasteiger partial charge >= 0.3 is 0 Å². The first kappa shape index (κ1) is 22.6. The van der Waals surface area contributed by atoms with Crippen LogP contribution in [0.1, 0.15) is 31.0 Å². The summed E-state index contributed by atoms with van der Waals surface area (Å²) in [7, 11) is 1.55. The van der Waals surface area contributed by atoms with Crippen LogP contribution < -0.4 is 14.8 Å². The summed E-state index contributed by atoms with van der Waals surface area (Å²) in [6, 6.07) is 8.36. The Hall–Kier alpha value is -2.62. The second kappa shape index (κ2) is 9.09. The van der Waals surface area contributed by atoms with Gasteiger partial charge in [-0.15, -0.1) is 0 Å². The number of carbonyl (C=O) groups is 1. The number of tetrazole rings is 1. The van der Waals surface area contributed by atoms with Crippen molar-refractivity contribution in [2.24, 2.45) is 0 Å². The lowest BCUT2D eigenvalue weighted by molar-refractivity contribution is -0.114. The maximum atomic E-state index is 12.5. The Balaban J connectivity index is 1.73. The van der Waals surface area contributed by atoms with Crippen molar-refractivity contribution in [3.05, 3.63) is 67.2 Å². The second-order valence-electron chi connectivity index (χ2n) is 7.13. The van der Waals surface area contributed by atoms with Gasteiger partial charge < -0.3 is 14.8 Å². The van der Waals surface area contributed by atoms with Gasteiger partial charge in [-0.1, -0.05) is 34.4 Å². The van der Waals surface area contributed by atoms with Gasteiger partial charge in [0.2, 0.25) is 5.95 Å². The Morgan fingerprint density at radius 3 is 2.75 bits per heavy atom. The quantitative estimate of drug-likeness (QED) is 0.460. The normalized spacial score (nSPS) is 15.2. The Kier molecular flexibility index (Phi) is 6.41. The third kappa shape index (κ3) is 4.20. The first-order valence-electron chi connectivity index (χ1n) is 9.51. The lowest BCUT2D eigenvalue weighted by Gasteiger charge is -2.28. The molecule has 0 spiro atoms. The van der Waals surface area contributed by atoms with Gasteiger partial charge in [0.05, 0.1) is 11.6 Å². The molecule has 1 aliphatic rings. The number of nitrogens with zero attached hydrogens (tertiary/aromatic N) is 4. The summed E-state index contributed by atoms with van der Waals surface area (Å²) in [5.74, 6) is 1.34. The zero-order chi connectivity index (χ0) is 23.0. The van der Waals surface area contributed by atoms with Gasteiger partial charge in [0.25, 0.3) is 0 Å². The highest BCUT2D eigenvalue weighted by atomic mass is 79.9. The molecule has 8 nitrogen and oxygen atoms in total. The lowest BCUT2D eigenvalue weighted by atomic mass is 9.93. The number of methoxy groups -OCH3 is 1. The predicted octanol–water partition coefficient (Wildman–Crippen LogP) is 5.21. The molecule has 32 heavy (non-hydrogen) atoms. The van der Waals surface area contributed by atoms with Crippen LogP contribution in [-0.4, -0.2) is 33.1 Å². The fourth-order valence-electron chi connectivity index (χ4n) is 3.60. The molecule has 0 saturated carbocycles. The summed E-state index contributed by atoms with van der Waals surface area (Å²) in [5, 5.41) is 15.9. The molecule has 166 valence electrons. The van der Waals surface area contributed by atoms with Crippen molar-refractivity contribution in [3.63, 3.8) is 0 Å². The van der Waals surface area contributed by atoms with E-state index in [0.717, 1.165) is 11.1 Å². The number of nitrogens with one attached hydrogen (secondary N) is 1. The monoisotopic (exact) mass is 537 g/mol. The maximum Gasteiger partial charge on any atom is 0.248 e. The predicted molar refractivity (Wildman–Crippen MR) is 124 cm³/mol. The molecule has 1 aliphatic heterocycles. The van der Waals surface area contributed by atoms with E-state index in [4.69, 9.17) is 32.7 Å². The van der Waals surface area contributed by atoms with Crippen LogP contribution in [0.2, 0.25) is 10.0 Å². The Morgan fingerprint density at radius 1 is 1.28 bits per heavy atom. The molecule has 0 saturated heterocycles. The number of Topliss-reactive ketones (excluding diaryl/α,β-unsaturated/α-hetero) is 1. The topological polar surface area (TPSA) is 91.2 Å². The highest BCUT2D eigenvalue weighted by Crippen LogP contribution is 2.43. The number of benzene rings is 2. The van der Waals surface area contributed by atoms with Crippen molar-refractivity contribution in [2.75, 3.05) is 12.4 Å². The van der Waals surface area contributed by atoms with Crippen LogP contribution in [0.15, 0.2) is 46.1 Å². The Morgan fingerprint density at radius 2 is 2.06 bits per heavy atom. The van der Waals surface area contributed by atoms with Gasteiger partial charge in [0.1, 0.15) is 12.6 Å². The zero-order valence-corrected chi connectivity index (χ0v) is 20.4. The molecule has 11 heteroatoms. The van der Waals surface area contributed by atoms with Crippen LogP contribution in [0.5, 0.6) is 11.5 Å². The van der Waals surface area contributed by atoms with Gasteiger partial charge in [0, 0.05) is 26.9 Å². The van der Waals surface area contributed by atoms with Crippen LogP contribution in [0, 0.1) is 0 Å². The van der Waals surface area contributed by atoms with Gasteiger partial charge in [-0.2, -0.15) is 4.68 Å². The molecule has 1 aromatic heterocycles. The van der Waals surface area contributed by atoms with Gasteiger partial charge in [-0.25, -0.2) is 0 Å². The van der Waals surface area contributed by atoms with E-state index >= 15 is 0 Å². The van der Waals surface area contributed by atoms with E-state index in [2.05, 4.69) is 36.8 Å². The average Bonchev–Trinajstić information content (AvgIpc) is 3.20. The van der Waals surface area contributed by atoms with Crippen LogP contribution in [0.3, 0.4) is 0 Å². The Labute approximate surface area is 202 Å². The number of ketones is 1. The lowest BCUT2D eigenvalue weighted by Crippen LogP contribution is -2.28. The summed E-state index contributed by atoms with van der Waals surface area (Å²) in [6.45, 7) is 3.55. The number of carbonyl (C=O) groups excluding carboxylic acids is 1. The van der Waals surface area contributed by atoms with Crippen molar-refractivity contribution < 1.29 is 14.3 Å². The van der Waals surface area contributed by atoms with E-state index < -0.39 is 6.04 Å². The fourth-order valence-corrected chi connectivity index (χ4v) is 4.64. The van der Waals surface area contributed by atoms with Gasteiger partial charge in [-0.05, 0) is 70.0 Å². The number of halogens is 3. The smallest absolute Gasteiger partial charge is 0.248 e. The number of ether oxygens (including phenoxy) is 2. The highest BCUT2D eigenvalue weighted by molar-refractivity contribution is 9.10. The van der Waals surface area contributed by atoms with Crippen molar-refractivity contribution >= 4 is 50.9 Å². The van der Waals surface area contributed by atoms with E-state index in [1.807, 2.05) is 13.0 Å². The molecule has 0 aliphatic carbocycles. The largest absolute Gasteiger partial charge is 0.493 e. The van der Waals surface area contributed by atoms with E-state index in [1.165, 1.54) is 6.92 Å². The van der Waals surface area contributed by atoms with E-state index in [0.29, 0.717) is 43.2 Å². The first-order chi connectivity index (χ1) is 15.3. The molecule has 1 atom stereocenters. The minimum absolute atomic E-state index is 0.0889. The molecule has 1 N–H and O–H groups in total. The summed E-state index contributed by atoms with van der Waals surface area (Å²) in [6.07, 6.45) is 0. The molecule has 3 aromatic rings. The molecular weight excluding hydrogens is 521 g/mol. The van der Waals surface area contributed by atoms with Gasteiger partial charge in [-0.3, -0.25) is 4.79 Å². The molecule has 1 unspecified atom stereocenters. The minimum Gasteiger partial charge on any atom is -0.493 e. The first-order valence-corrected chi connectivity index (χ1v) is 11.1. The molecule has 4 rings (SSSR count). The maximum absolute atomic E-state index is 12.5. The van der Waals surface area contributed by atoms with Crippen LogP contribution >= 0.6 is 39.1 Å². The second-order valence-corrected chi connectivity index (χ2v) is 8.83. The van der Waals surface area contributed by atoms with Crippen molar-refractivity contribution in [2.45, 2.75) is 26.5 Å². The molecule has 0 amide bonds. The van der Waals surface area contributed by atoms with Crippen LogP contribution in [-0.2, 0) is 11.4 Å². The number of anilines is 1. The molecule has 0 bridgehead atoms. The minimum atomic E-state index is -0.524. The molecule has 2 heterocycles. The standard InChI is InChI=1S/C21H18BrCl2N5O3/c1-10-18(11(2)30)19(29-21(25-10)26-27-28-29)13-6-15(22)20(17(7-13)31-3)32-9-12-4-5-14(23)8-16(12)24/h4-8,19H,9H2,1-3H3,(H,25,26,28). The third-order valence-electron chi connectivity index (χ3n) is 5.05. The van der Waals surface area contributed by atoms with E-state index in [-0.39, 0.29) is 12.4 Å². The fraction of sp³-hybridized carbons (Fsp3) is 0.238. The number of hydrogen-bond donors (Lipinski definition) is 1. The zero-order valence-electron chi connectivity index (χ0n) is 17.3. The summed E-state index contributed by atoms with van der Waals surface area (Å²) in [5.41, 5.74) is 2.78. The number of rotatable bonds is 6. The Bertz CT molecular complexity index is 1240. The average molecular weight is 539 g/mol. The number of allylic oxidation sites excluding steroid dienone is 2. The summed E-state index contributed by atoms with van der Waals surface area (Å²) >= 11 is 15.8. The third-order valence-corrected chi connectivity index (χ3v) is 6.22. The van der Waals surface area contributed by atoms with E-state index in [1.54, 1.807) is 36.1 Å². The number of hydrogen-bond acceptors (Lipinski definition) is 7. The molecule has 2 aromatic carbocycles. The van der Waals surface area contributed by atoms with Gasteiger partial charge in [0.15, 0.2) is 17.3 Å². The summed E-state index contributed by atoms with van der Waals surface area (Å²) in [4.78, 5) is 12.5. The molecule has 0 radical (unpaired) electrons. The summed E-state index contributed by atoms with van der Waals surface area (Å²) < 4.78 is 13.8. The van der Waals surface area contributed by atoms with E-state index in [9.17, 15) is 4.79 Å².